The lowest BCUT2D eigenvalue weighted by Gasteiger charge is -2.22. The van der Waals surface area contributed by atoms with Crippen LogP contribution in [0.2, 0.25) is 0 Å². The molecule has 1 aliphatic heterocycles. The highest BCUT2D eigenvalue weighted by Crippen LogP contribution is 2.33. The average Bonchev–Trinajstić information content (AvgIpc) is 2.94. The van der Waals surface area contributed by atoms with Gasteiger partial charge in [-0.05, 0) is 43.4 Å². The van der Waals surface area contributed by atoms with Crippen molar-refractivity contribution < 1.29 is 22.5 Å². The van der Waals surface area contributed by atoms with Gasteiger partial charge >= 0.3 is 0 Å². The van der Waals surface area contributed by atoms with Crippen molar-refractivity contribution in [3.63, 3.8) is 0 Å². The van der Waals surface area contributed by atoms with Gasteiger partial charge in [-0.25, -0.2) is 4.99 Å². The molecule has 1 aromatic rings. The summed E-state index contributed by atoms with van der Waals surface area (Å²) in [6.07, 6.45) is 7.83. The summed E-state index contributed by atoms with van der Waals surface area (Å²) in [4.78, 5) is 4.50. The van der Waals surface area contributed by atoms with Crippen molar-refractivity contribution in [2.75, 3.05) is 13.2 Å². The van der Waals surface area contributed by atoms with E-state index in [2.05, 4.69) is 41.5 Å². The summed E-state index contributed by atoms with van der Waals surface area (Å²) in [6, 6.07) is 9.38. The summed E-state index contributed by atoms with van der Waals surface area (Å²) in [5, 5.41) is 2.26. The molecule has 1 atom stereocenters. The predicted octanol–water partition coefficient (Wildman–Crippen LogP) is -0.129. The number of aliphatic imine (C=N–C) groups is 1. The summed E-state index contributed by atoms with van der Waals surface area (Å²) < 4.78 is 5.84. The van der Waals surface area contributed by atoms with Crippen LogP contribution in [0.5, 0.6) is 5.75 Å². The number of quaternary nitrogens is 1. The number of amidine groups is 1. The summed E-state index contributed by atoms with van der Waals surface area (Å²) >= 11 is 0. The highest BCUT2D eigenvalue weighted by molar-refractivity contribution is 5.73. The molecule has 2 N–H and O–H groups in total. The minimum absolute atomic E-state index is 0. The number of nitrogens with two attached hydrogens (primary N) is 1. The Bertz CT molecular complexity index is 480. The van der Waals surface area contributed by atoms with Crippen molar-refractivity contribution in [2.24, 2.45) is 4.99 Å². The third-order valence-corrected chi connectivity index (χ3v) is 4.64. The summed E-state index contributed by atoms with van der Waals surface area (Å²) in [5.74, 6) is 2.97. The number of benzene rings is 1. The van der Waals surface area contributed by atoms with Crippen molar-refractivity contribution >= 4 is 5.84 Å². The molecule has 0 spiro atoms. The van der Waals surface area contributed by atoms with E-state index in [-0.39, 0.29) is 12.4 Å². The Morgan fingerprint density at radius 1 is 1.14 bits per heavy atom. The standard InChI is InChI=1S/C18H26N2O.ClH/c1-14-13-19-18(20-14)11-12-21-17-9-7-16(8-10-17)15-5-3-2-4-6-15;/h7-10,14-15H,2-6,11-13H2,1H3,(H,19,20);1H. The monoisotopic (exact) mass is 322 g/mol. The lowest BCUT2D eigenvalue weighted by Crippen LogP contribution is -3.00. The molecule has 3 rings (SSSR count). The molecule has 1 heterocycles. The van der Waals surface area contributed by atoms with E-state index in [1.807, 2.05) is 0 Å². The van der Waals surface area contributed by atoms with E-state index in [4.69, 9.17) is 4.74 Å². The second-order valence-corrected chi connectivity index (χ2v) is 6.48. The van der Waals surface area contributed by atoms with Crippen LogP contribution in [0.15, 0.2) is 29.3 Å². The van der Waals surface area contributed by atoms with E-state index in [1.54, 1.807) is 0 Å². The van der Waals surface area contributed by atoms with Crippen LogP contribution < -0.4 is 22.5 Å². The molecule has 1 unspecified atom stereocenters. The van der Waals surface area contributed by atoms with Gasteiger partial charge in [0, 0.05) is 0 Å². The van der Waals surface area contributed by atoms with Gasteiger partial charge in [0.25, 0.3) is 0 Å². The SMILES string of the molecule is CC1CN=C(CCOc2ccc(C3CCCCC3)cc2)[NH2+]1.[Cl-]. The van der Waals surface area contributed by atoms with E-state index in [0.29, 0.717) is 6.04 Å². The first-order chi connectivity index (χ1) is 10.3. The first kappa shape index (κ1) is 17.3. The second kappa shape index (κ2) is 8.54. The number of nitrogens with zero attached hydrogens (tertiary/aromatic N) is 1. The Labute approximate surface area is 140 Å². The van der Waals surface area contributed by atoms with E-state index in [0.717, 1.165) is 31.2 Å². The van der Waals surface area contributed by atoms with Crippen LogP contribution in [0.25, 0.3) is 0 Å². The Balaban J connectivity index is 0.00000176. The van der Waals surface area contributed by atoms with Gasteiger partial charge in [0.1, 0.15) is 11.8 Å². The maximum atomic E-state index is 5.84. The van der Waals surface area contributed by atoms with E-state index in [1.165, 1.54) is 43.5 Å². The van der Waals surface area contributed by atoms with Gasteiger partial charge in [0.2, 0.25) is 0 Å². The van der Waals surface area contributed by atoms with Crippen molar-refractivity contribution in [1.29, 1.82) is 0 Å². The molecule has 2 aliphatic rings. The van der Waals surface area contributed by atoms with E-state index < -0.39 is 0 Å². The Hall–Kier alpha value is -1.06. The van der Waals surface area contributed by atoms with Crippen molar-refractivity contribution in [1.82, 2.24) is 0 Å². The van der Waals surface area contributed by atoms with Crippen molar-refractivity contribution in [2.45, 2.75) is 57.4 Å². The fraction of sp³-hybridized carbons (Fsp3) is 0.611. The Kier molecular flexibility index (Phi) is 6.71. The van der Waals surface area contributed by atoms with Crippen LogP contribution in [-0.2, 0) is 0 Å². The molecular formula is C18H27ClN2O. The molecule has 0 radical (unpaired) electrons. The zero-order valence-electron chi connectivity index (χ0n) is 13.4. The molecule has 0 aromatic heterocycles. The second-order valence-electron chi connectivity index (χ2n) is 6.48. The third kappa shape index (κ3) is 4.72. The minimum atomic E-state index is 0. The van der Waals surface area contributed by atoms with Crippen molar-refractivity contribution in [3.05, 3.63) is 29.8 Å². The maximum absolute atomic E-state index is 5.84. The zero-order valence-corrected chi connectivity index (χ0v) is 14.2. The molecule has 1 saturated carbocycles. The highest BCUT2D eigenvalue weighted by atomic mass is 35.5. The molecule has 0 amide bonds. The van der Waals surface area contributed by atoms with Crippen LogP contribution in [0, 0.1) is 0 Å². The highest BCUT2D eigenvalue weighted by Gasteiger charge is 2.18. The fourth-order valence-electron chi connectivity index (χ4n) is 3.40. The van der Waals surface area contributed by atoms with Gasteiger partial charge < -0.3 is 17.1 Å². The molecule has 3 nitrogen and oxygen atoms in total. The van der Waals surface area contributed by atoms with Gasteiger partial charge in [-0.15, -0.1) is 0 Å². The van der Waals surface area contributed by atoms with Gasteiger partial charge in [-0.1, -0.05) is 31.4 Å². The number of ether oxygens (including phenoxy) is 1. The summed E-state index contributed by atoms with van der Waals surface area (Å²) in [5.41, 5.74) is 1.49. The fourth-order valence-corrected chi connectivity index (χ4v) is 3.40. The Morgan fingerprint density at radius 3 is 2.50 bits per heavy atom. The molecule has 22 heavy (non-hydrogen) atoms. The van der Waals surface area contributed by atoms with Crippen LogP contribution in [0.4, 0.5) is 0 Å². The molecule has 4 heteroatoms. The molecule has 0 bridgehead atoms. The first-order valence-electron chi connectivity index (χ1n) is 8.42. The smallest absolute Gasteiger partial charge is 0.198 e. The Morgan fingerprint density at radius 2 is 1.86 bits per heavy atom. The van der Waals surface area contributed by atoms with E-state index >= 15 is 0 Å². The number of hydrogen-bond acceptors (Lipinski definition) is 2. The summed E-state index contributed by atoms with van der Waals surface area (Å²) in [6.45, 7) is 3.89. The largest absolute Gasteiger partial charge is 1.00 e. The quantitative estimate of drug-likeness (QED) is 0.806. The third-order valence-electron chi connectivity index (χ3n) is 4.64. The van der Waals surface area contributed by atoms with Crippen LogP contribution in [-0.4, -0.2) is 25.0 Å². The molecule has 0 saturated heterocycles. The lowest BCUT2D eigenvalue weighted by molar-refractivity contribution is -0.566. The minimum Gasteiger partial charge on any atom is -1.00 e. The van der Waals surface area contributed by atoms with Gasteiger partial charge in [-0.2, -0.15) is 0 Å². The molecule has 1 fully saturated rings. The topological polar surface area (TPSA) is 38.2 Å². The summed E-state index contributed by atoms with van der Waals surface area (Å²) in [7, 11) is 0. The maximum Gasteiger partial charge on any atom is 0.198 e. The lowest BCUT2D eigenvalue weighted by atomic mass is 9.84. The normalized spacial score (nSPS) is 22.0. The van der Waals surface area contributed by atoms with Crippen LogP contribution in [0.3, 0.4) is 0 Å². The number of rotatable bonds is 5. The molecular weight excluding hydrogens is 296 g/mol. The van der Waals surface area contributed by atoms with Crippen LogP contribution in [0.1, 0.15) is 56.9 Å². The van der Waals surface area contributed by atoms with Crippen molar-refractivity contribution in [3.8, 4) is 5.75 Å². The zero-order chi connectivity index (χ0) is 14.5. The predicted molar refractivity (Wildman–Crippen MR) is 86.1 cm³/mol. The molecule has 122 valence electrons. The van der Waals surface area contributed by atoms with E-state index in [9.17, 15) is 0 Å². The van der Waals surface area contributed by atoms with Gasteiger partial charge in [-0.3, -0.25) is 5.32 Å². The van der Waals surface area contributed by atoms with Crippen LogP contribution >= 0.6 is 0 Å². The average molecular weight is 323 g/mol. The van der Waals surface area contributed by atoms with Gasteiger partial charge in [0.15, 0.2) is 5.84 Å². The number of halogens is 1. The number of hydrogen-bond donors (Lipinski definition) is 1. The molecule has 1 aliphatic carbocycles. The molecule has 1 aromatic carbocycles. The van der Waals surface area contributed by atoms with Gasteiger partial charge in [0.05, 0.1) is 19.6 Å². The first-order valence-corrected chi connectivity index (χ1v) is 8.42.